The van der Waals surface area contributed by atoms with Gasteiger partial charge in [0, 0.05) is 0 Å². The van der Waals surface area contributed by atoms with E-state index in [-0.39, 0.29) is 5.91 Å². The summed E-state index contributed by atoms with van der Waals surface area (Å²) in [6.07, 6.45) is 1.82. The molecule has 0 atom stereocenters. The Morgan fingerprint density at radius 2 is 1.93 bits per heavy atom. The zero-order valence-electron chi connectivity index (χ0n) is 15.6. The van der Waals surface area contributed by atoms with Crippen molar-refractivity contribution in [3.63, 3.8) is 0 Å². The third-order valence-corrected chi connectivity index (χ3v) is 5.50. The molecule has 1 amide bonds. The monoisotopic (exact) mass is 510 g/mol. The summed E-state index contributed by atoms with van der Waals surface area (Å²) in [7, 11) is 3.22. The van der Waals surface area contributed by atoms with Crippen molar-refractivity contribution in [1.29, 1.82) is 0 Å². The summed E-state index contributed by atoms with van der Waals surface area (Å²) in [5.74, 6) is 1.92. The minimum Gasteiger partial charge on any atom is -0.497 e. The van der Waals surface area contributed by atoms with E-state index in [2.05, 4.69) is 32.9 Å². The zero-order chi connectivity index (χ0) is 20.1. The quantitative estimate of drug-likeness (QED) is 0.455. The lowest BCUT2D eigenvalue weighted by atomic mass is 10.2. The van der Waals surface area contributed by atoms with Gasteiger partial charge in [-0.25, -0.2) is 4.99 Å². The summed E-state index contributed by atoms with van der Waals surface area (Å²) >= 11 is 3.49. The van der Waals surface area contributed by atoms with Gasteiger partial charge in [-0.3, -0.25) is 4.79 Å². The number of rotatable bonds is 6. The van der Waals surface area contributed by atoms with E-state index in [4.69, 9.17) is 14.2 Å². The highest BCUT2D eigenvalue weighted by molar-refractivity contribution is 14.1. The molecule has 3 rings (SSSR count). The van der Waals surface area contributed by atoms with Crippen LogP contribution in [0.25, 0.3) is 6.08 Å². The minimum atomic E-state index is -0.180. The molecule has 0 spiro atoms. The van der Waals surface area contributed by atoms with Crippen LogP contribution in [0.3, 0.4) is 0 Å². The third kappa shape index (κ3) is 4.79. The first kappa shape index (κ1) is 20.5. The van der Waals surface area contributed by atoms with Crippen molar-refractivity contribution < 1.29 is 19.0 Å². The van der Waals surface area contributed by atoms with Crippen molar-refractivity contribution >= 4 is 57.2 Å². The predicted molar refractivity (Wildman–Crippen MR) is 121 cm³/mol. The predicted octanol–water partition coefficient (Wildman–Crippen LogP) is 4.60. The molecule has 8 heteroatoms. The maximum absolute atomic E-state index is 12.3. The van der Waals surface area contributed by atoms with Crippen LogP contribution < -0.4 is 19.5 Å². The molecule has 146 valence electrons. The Bertz CT molecular complexity index is 942. The smallest absolute Gasteiger partial charge is 0.264 e. The molecular weight excluding hydrogens is 491 g/mol. The van der Waals surface area contributed by atoms with E-state index in [1.165, 1.54) is 11.8 Å². The van der Waals surface area contributed by atoms with E-state index < -0.39 is 0 Å². The van der Waals surface area contributed by atoms with Gasteiger partial charge in [-0.1, -0.05) is 0 Å². The van der Waals surface area contributed by atoms with Crippen LogP contribution in [0.5, 0.6) is 17.2 Å². The number of nitrogens with zero attached hydrogens (tertiary/aromatic N) is 1. The molecular formula is C20H19IN2O4S. The molecule has 28 heavy (non-hydrogen) atoms. The molecule has 0 aromatic heterocycles. The van der Waals surface area contributed by atoms with E-state index >= 15 is 0 Å². The van der Waals surface area contributed by atoms with Crippen molar-refractivity contribution in [3.05, 3.63) is 50.4 Å². The number of amidine groups is 1. The third-order valence-electron chi connectivity index (χ3n) is 3.79. The van der Waals surface area contributed by atoms with Crippen LogP contribution in [-0.4, -0.2) is 31.9 Å². The number of aliphatic imine (C=N–C) groups is 1. The molecule has 1 saturated heterocycles. The van der Waals surface area contributed by atoms with Crippen LogP contribution in [0.4, 0.5) is 5.69 Å². The van der Waals surface area contributed by atoms with Gasteiger partial charge in [0.05, 0.1) is 35.0 Å². The number of halogens is 1. The lowest BCUT2D eigenvalue weighted by molar-refractivity contribution is -0.115. The number of hydrogen-bond acceptors (Lipinski definition) is 6. The number of hydrogen-bond donors (Lipinski definition) is 1. The Balaban J connectivity index is 1.85. The Morgan fingerprint density at radius 1 is 1.18 bits per heavy atom. The van der Waals surface area contributed by atoms with E-state index in [9.17, 15) is 4.79 Å². The number of carbonyl (C=O) groups is 1. The standard InChI is InChI=1S/C20H19IN2O4S/c1-4-27-16-10-12(9-15(21)18(16)26-3)11-17-19(24)23-20(28-17)22-13-5-7-14(25-2)8-6-13/h5-11H,4H2,1-3H3,(H,22,23,24). The maximum atomic E-state index is 12.3. The first-order chi connectivity index (χ1) is 13.5. The average molecular weight is 510 g/mol. The number of methoxy groups -OCH3 is 2. The van der Waals surface area contributed by atoms with Crippen LogP contribution in [0, 0.1) is 3.57 Å². The van der Waals surface area contributed by atoms with Crippen molar-refractivity contribution in [2.75, 3.05) is 20.8 Å². The van der Waals surface area contributed by atoms with Crippen LogP contribution >= 0.6 is 34.4 Å². The summed E-state index contributed by atoms with van der Waals surface area (Å²) in [4.78, 5) is 17.4. The number of ether oxygens (including phenoxy) is 3. The average Bonchev–Trinajstić information content (AvgIpc) is 3.01. The first-order valence-electron chi connectivity index (χ1n) is 8.48. The second kappa shape index (κ2) is 9.33. The fraction of sp³-hybridized carbons (Fsp3) is 0.200. The van der Waals surface area contributed by atoms with Crippen molar-refractivity contribution in [2.45, 2.75) is 6.92 Å². The van der Waals surface area contributed by atoms with Gasteiger partial charge in [0.2, 0.25) is 0 Å². The molecule has 2 aromatic rings. The summed E-state index contributed by atoms with van der Waals surface area (Å²) in [5, 5.41) is 3.33. The lowest BCUT2D eigenvalue weighted by Gasteiger charge is -2.12. The molecule has 1 fully saturated rings. The molecule has 0 unspecified atom stereocenters. The fourth-order valence-electron chi connectivity index (χ4n) is 2.54. The van der Waals surface area contributed by atoms with Gasteiger partial charge >= 0.3 is 0 Å². The van der Waals surface area contributed by atoms with Gasteiger partial charge in [0.25, 0.3) is 5.91 Å². The molecule has 6 nitrogen and oxygen atoms in total. The second-order valence-corrected chi connectivity index (χ2v) is 7.84. The summed E-state index contributed by atoms with van der Waals surface area (Å²) < 4.78 is 17.1. The Morgan fingerprint density at radius 3 is 2.57 bits per heavy atom. The van der Waals surface area contributed by atoms with E-state index in [0.717, 1.165) is 20.6 Å². The van der Waals surface area contributed by atoms with Gasteiger partial charge in [0.1, 0.15) is 5.75 Å². The molecule has 1 heterocycles. The first-order valence-corrected chi connectivity index (χ1v) is 10.4. The topological polar surface area (TPSA) is 69.2 Å². The zero-order valence-corrected chi connectivity index (χ0v) is 18.6. The van der Waals surface area contributed by atoms with Gasteiger partial charge in [-0.05, 0) is 89.3 Å². The molecule has 0 radical (unpaired) electrons. The number of benzene rings is 2. The van der Waals surface area contributed by atoms with Gasteiger partial charge in [0.15, 0.2) is 16.7 Å². The summed E-state index contributed by atoms with van der Waals surface area (Å²) in [5.41, 5.74) is 1.60. The maximum Gasteiger partial charge on any atom is 0.264 e. The molecule has 1 N–H and O–H groups in total. The molecule has 0 aliphatic carbocycles. The van der Waals surface area contributed by atoms with E-state index in [1.807, 2.05) is 49.4 Å². The summed E-state index contributed by atoms with van der Waals surface area (Å²) in [6, 6.07) is 11.1. The fourth-order valence-corrected chi connectivity index (χ4v) is 4.23. The number of nitrogens with one attached hydrogen (secondary N) is 1. The normalized spacial score (nSPS) is 16.4. The van der Waals surface area contributed by atoms with Gasteiger partial charge in [-0.15, -0.1) is 0 Å². The minimum absolute atomic E-state index is 0.180. The highest BCUT2D eigenvalue weighted by Gasteiger charge is 2.24. The number of carbonyl (C=O) groups excluding carboxylic acids is 1. The Kier molecular flexibility index (Phi) is 6.84. The van der Waals surface area contributed by atoms with Crippen molar-refractivity contribution in [2.24, 2.45) is 4.99 Å². The van der Waals surface area contributed by atoms with Crippen LogP contribution in [0.2, 0.25) is 0 Å². The lowest BCUT2D eigenvalue weighted by Crippen LogP contribution is -2.19. The number of thioether (sulfide) groups is 1. The van der Waals surface area contributed by atoms with Crippen molar-refractivity contribution in [1.82, 2.24) is 5.32 Å². The highest BCUT2D eigenvalue weighted by atomic mass is 127. The highest BCUT2D eigenvalue weighted by Crippen LogP contribution is 2.36. The Labute approximate surface area is 181 Å². The molecule has 1 aliphatic rings. The van der Waals surface area contributed by atoms with Crippen LogP contribution in [-0.2, 0) is 4.79 Å². The number of amides is 1. The van der Waals surface area contributed by atoms with Crippen molar-refractivity contribution in [3.8, 4) is 17.2 Å². The SMILES string of the molecule is CCOc1cc(C=C2SC(=Nc3ccc(OC)cc3)NC2=O)cc(I)c1OC. The van der Waals surface area contributed by atoms with Gasteiger partial charge in [-0.2, -0.15) is 0 Å². The van der Waals surface area contributed by atoms with Gasteiger partial charge < -0.3 is 19.5 Å². The largest absolute Gasteiger partial charge is 0.497 e. The van der Waals surface area contributed by atoms with E-state index in [0.29, 0.717) is 28.2 Å². The Hall–Kier alpha value is -2.20. The summed E-state index contributed by atoms with van der Waals surface area (Å²) in [6.45, 7) is 2.44. The molecule has 2 aromatic carbocycles. The molecule has 0 saturated carbocycles. The second-order valence-electron chi connectivity index (χ2n) is 5.65. The van der Waals surface area contributed by atoms with Crippen LogP contribution in [0.15, 0.2) is 46.3 Å². The molecule has 1 aliphatic heterocycles. The van der Waals surface area contributed by atoms with Crippen LogP contribution in [0.1, 0.15) is 12.5 Å². The van der Waals surface area contributed by atoms with E-state index in [1.54, 1.807) is 14.2 Å². The molecule has 0 bridgehead atoms.